The van der Waals surface area contributed by atoms with Crippen molar-refractivity contribution in [1.29, 1.82) is 0 Å². The first kappa shape index (κ1) is 19.9. The fraction of sp³-hybridized carbons (Fsp3) is 0.391. The summed E-state index contributed by atoms with van der Waals surface area (Å²) in [4.78, 5) is 24.3. The summed E-state index contributed by atoms with van der Waals surface area (Å²) in [5.41, 5.74) is 3.53. The van der Waals surface area contributed by atoms with E-state index in [9.17, 15) is 9.59 Å². The molecule has 0 radical (unpaired) electrons. The van der Waals surface area contributed by atoms with E-state index in [1.54, 1.807) is 7.11 Å². The van der Waals surface area contributed by atoms with E-state index in [0.717, 1.165) is 30.6 Å². The van der Waals surface area contributed by atoms with E-state index in [-0.39, 0.29) is 17.7 Å². The molecular weight excluding hydrogens is 352 g/mol. The number of aryl methyl sites for hydroxylation is 1. The molecule has 0 saturated carbocycles. The Labute approximate surface area is 166 Å². The van der Waals surface area contributed by atoms with Crippen LogP contribution in [0.15, 0.2) is 48.5 Å². The van der Waals surface area contributed by atoms with Crippen molar-refractivity contribution in [3.05, 3.63) is 65.2 Å². The standard InChI is InChI=1S/C23H28N2O3/c1-28-20-10-11-21-18(15-20)8-5-9-19(21)16-23(27)25-13-12-24-22(26)14-17-6-3-2-4-7-17/h2-4,6-7,10-11,15,19H,5,8-9,12-14,16H2,1H3,(H,24,26)(H,25,27). The average molecular weight is 380 g/mol. The second-order valence-electron chi connectivity index (χ2n) is 7.22. The molecule has 1 aliphatic carbocycles. The Hall–Kier alpha value is -2.82. The Balaban J connectivity index is 1.40. The number of methoxy groups -OCH3 is 1. The molecule has 0 saturated heterocycles. The maximum Gasteiger partial charge on any atom is 0.224 e. The van der Waals surface area contributed by atoms with Gasteiger partial charge in [-0.15, -0.1) is 0 Å². The van der Waals surface area contributed by atoms with Crippen LogP contribution in [0, 0.1) is 0 Å². The van der Waals surface area contributed by atoms with Crippen LogP contribution in [0.2, 0.25) is 0 Å². The first-order chi connectivity index (χ1) is 13.7. The number of nitrogens with one attached hydrogen (secondary N) is 2. The fourth-order valence-corrected chi connectivity index (χ4v) is 3.77. The van der Waals surface area contributed by atoms with Crippen molar-refractivity contribution in [2.24, 2.45) is 0 Å². The molecule has 0 spiro atoms. The highest BCUT2D eigenvalue weighted by Crippen LogP contribution is 2.35. The van der Waals surface area contributed by atoms with Crippen molar-refractivity contribution >= 4 is 11.8 Å². The van der Waals surface area contributed by atoms with Gasteiger partial charge in [-0.3, -0.25) is 9.59 Å². The van der Waals surface area contributed by atoms with E-state index in [1.807, 2.05) is 36.4 Å². The molecule has 2 aromatic rings. The molecule has 2 aromatic carbocycles. The maximum atomic E-state index is 12.3. The summed E-state index contributed by atoms with van der Waals surface area (Å²) >= 11 is 0. The second-order valence-corrected chi connectivity index (χ2v) is 7.22. The molecule has 28 heavy (non-hydrogen) atoms. The normalized spacial score (nSPS) is 15.4. The van der Waals surface area contributed by atoms with Gasteiger partial charge in [-0.2, -0.15) is 0 Å². The fourth-order valence-electron chi connectivity index (χ4n) is 3.77. The number of ether oxygens (including phenoxy) is 1. The molecule has 3 rings (SSSR count). The minimum absolute atomic E-state index is 0.0318. The van der Waals surface area contributed by atoms with Gasteiger partial charge in [-0.05, 0) is 54.0 Å². The molecule has 2 amide bonds. The van der Waals surface area contributed by atoms with Crippen LogP contribution in [0.3, 0.4) is 0 Å². The van der Waals surface area contributed by atoms with Crippen molar-refractivity contribution in [2.45, 2.75) is 38.0 Å². The number of hydrogen-bond donors (Lipinski definition) is 2. The van der Waals surface area contributed by atoms with Gasteiger partial charge in [0.25, 0.3) is 0 Å². The lowest BCUT2D eigenvalue weighted by Gasteiger charge is -2.25. The summed E-state index contributed by atoms with van der Waals surface area (Å²) < 4.78 is 5.31. The molecule has 2 N–H and O–H groups in total. The van der Waals surface area contributed by atoms with E-state index in [2.05, 4.69) is 22.8 Å². The predicted octanol–water partition coefficient (Wildman–Crippen LogP) is 2.98. The van der Waals surface area contributed by atoms with Crippen LogP contribution in [0.25, 0.3) is 0 Å². The number of carbonyl (C=O) groups is 2. The molecule has 5 heteroatoms. The van der Waals surface area contributed by atoms with Crippen molar-refractivity contribution in [1.82, 2.24) is 10.6 Å². The number of fused-ring (bicyclic) bond motifs is 1. The Kier molecular flexibility index (Phi) is 7.06. The second kappa shape index (κ2) is 9.93. The highest BCUT2D eigenvalue weighted by Gasteiger charge is 2.23. The Morgan fingerprint density at radius 1 is 1.04 bits per heavy atom. The van der Waals surface area contributed by atoms with Crippen molar-refractivity contribution in [3.8, 4) is 5.75 Å². The number of carbonyl (C=O) groups excluding carboxylic acids is 2. The van der Waals surface area contributed by atoms with Gasteiger partial charge in [0.05, 0.1) is 13.5 Å². The monoisotopic (exact) mass is 380 g/mol. The number of rotatable bonds is 8. The zero-order valence-electron chi connectivity index (χ0n) is 16.4. The molecule has 1 atom stereocenters. The van der Waals surface area contributed by atoms with Gasteiger partial charge < -0.3 is 15.4 Å². The number of hydrogen-bond acceptors (Lipinski definition) is 3. The van der Waals surface area contributed by atoms with Crippen LogP contribution < -0.4 is 15.4 Å². The van der Waals surface area contributed by atoms with Gasteiger partial charge in [-0.25, -0.2) is 0 Å². The van der Waals surface area contributed by atoms with Gasteiger partial charge in [0.2, 0.25) is 11.8 Å². The molecule has 148 valence electrons. The van der Waals surface area contributed by atoms with Crippen LogP contribution in [0.4, 0.5) is 0 Å². The molecule has 5 nitrogen and oxygen atoms in total. The molecule has 0 aliphatic heterocycles. The van der Waals surface area contributed by atoms with Crippen molar-refractivity contribution in [3.63, 3.8) is 0 Å². The third kappa shape index (κ3) is 5.59. The lowest BCUT2D eigenvalue weighted by molar-refractivity contribution is -0.122. The average Bonchev–Trinajstić information content (AvgIpc) is 2.72. The van der Waals surface area contributed by atoms with Crippen LogP contribution in [-0.2, 0) is 22.4 Å². The molecule has 1 unspecified atom stereocenters. The predicted molar refractivity (Wildman–Crippen MR) is 109 cm³/mol. The lowest BCUT2D eigenvalue weighted by Crippen LogP contribution is -2.35. The van der Waals surface area contributed by atoms with E-state index in [4.69, 9.17) is 4.74 Å². The van der Waals surface area contributed by atoms with E-state index in [1.165, 1.54) is 11.1 Å². The molecule has 0 fully saturated rings. The van der Waals surface area contributed by atoms with Crippen LogP contribution in [0.5, 0.6) is 5.75 Å². The number of amides is 2. The molecule has 0 aromatic heterocycles. The van der Waals surface area contributed by atoms with Gasteiger partial charge >= 0.3 is 0 Å². The van der Waals surface area contributed by atoms with Gasteiger partial charge in [0.15, 0.2) is 0 Å². The third-order valence-electron chi connectivity index (χ3n) is 5.20. The van der Waals surface area contributed by atoms with Crippen LogP contribution >= 0.6 is 0 Å². The summed E-state index contributed by atoms with van der Waals surface area (Å²) in [6.07, 6.45) is 4.00. The number of benzene rings is 2. The molecule has 0 bridgehead atoms. The maximum absolute atomic E-state index is 12.3. The summed E-state index contributed by atoms with van der Waals surface area (Å²) in [7, 11) is 1.67. The zero-order chi connectivity index (χ0) is 19.8. The Bertz CT molecular complexity index is 805. The highest BCUT2D eigenvalue weighted by atomic mass is 16.5. The van der Waals surface area contributed by atoms with Gasteiger partial charge in [-0.1, -0.05) is 36.4 Å². The van der Waals surface area contributed by atoms with Crippen molar-refractivity contribution in [2.75, 3.05) is 20.2 Å². The largest absolute Gasteiger partial charge is 0.497 e. The Morgan fingerprint density at radius 2 is 1.79 bits per heavy atom. The lowest BCUT2D eigenvalue weighted by atomic mass is 9.81. The quantitative estimate of drug-likeness (QED) is 0.692. The SMILES string of the molecule is COc1ccc2c(c1)CCCC2CC(=O)NCCNC(=O)Cc1ccccc1. The summed E-state index contributed by atoms with van der Waals surface area (Å²) in [5, 5.41) is 5.78. The Morgan fingerprint density at radius 3 is 2.54 bits per heavy atom. The van der Waals surface area contributed by atoms with E-state index in [0.29, 0.717) is 25.9 Å². The molecule has 1 aliphatic rings. The van der Waals surface area contributed by atoms with E-state index < -0.39 is 0 Å². The van der Waals surface area contributed by atoms with Crippen LogP contribution in [0.1, 0.15) is 41.9 Å². The smallest absolute Gasteiger partial charge is 0.224 e. The minimum Gasteiger partial charge on any atom is -0.497 e. The molecule has 0 heterocycles. The van der Waals surface area contributed by atoms with Gasteiger partial charge in [0.1, 0.15) is 5.75 Å². The third-order valence-corrected chi connectivity index (χ3v) is 5.20. The van der Waals surface area contributed by atoms with E-state index >= 15 is 0 Å². The molecular formula is C23H28N2O3. The summed E-state index contributed by atoms with van der Waals surface area (Å²) in [6, 6.07) is 15.8. The topological polar surface area (TPSA) is 67.4 Å². The van der Waals surface area contributed by atoms with Crippen molar-refractivity contribution < 1.29 is 14.3 Å². The summed E-state index contributed by atoms with van der Waals surface area (Å²) in [5.74, 6) is 1.12. The first-order valence-electron chi connectivity index (χ1n) is 9.90. The minimum atomic E-state index is -0.0318. The highest BCUT2D eigenvalue weighted by molar-refractivity contribution is 5.79. The van der Waals surface area contributed by atoms with Gasteiger partial charge in [0, 0.05) is 19.5 Å². The first-order valence-corrected chi connectivity index (χ1v) is 9.90. The summed E-state index contributed by atoms with van der Waals surface area (Å²) in [6.45, 7) is 0.886. The van der Waals surface area contributed by atoms with Crippen LogP contribution in [-0.4, -0.2) is 32.0 Å². The zero-order valence-corrected chi connectivity index (χ0v) is 16.4.